The summed E-state index contributed by atoms with van der Waals surface area (Å²) >= 11 is 0. The van der Waals surface area contributed by atoms with Crippen LogP contribution in [0, 0.1) is 29.4 Å². The highest BCUT2D eigenvalue weighted by Crippen LogP contribution is 2.40. The molecule has 110 heavy (non-hydrogen) atoms. The lowest BCUT2D eigenvalue weighted by Gasteiger charge is -2.46. The van der Waals surface area contributed by atoms with E-state index in [1.54, 1.807) is 37.8 Å². The van der Waals surface area contributed by atoms with Crippen molar-refractivity contribution < 1.29 is 97.4 Å². The summed E-state index contributed by atoms with van der Waals surface area (Å²) in [6.45, 7) is 7.22. The number of aryl methyl sites for hydroxylation is 1. The highest BCUT2D eigenvalue weighted by atomic mass is 19.4. The van der Waals surface area contributed by atoms with Gasteiger partial charge in [-0.25, -0.2) is 8.78 Å². The Hall–Kier alpha value is -8.78. The number of hydrogen-bond acceptors (Lipinski definition) is 13. The van der Waals surface area contributed by atoms with Gasteiger partial charge in [0.25, 0.3) is 0 Å². The third-order valence-corrected chi connectivity index (χ3v) is 22.7. The van der Waals surface area contributed by atoms with Crippen LogP contribution in [-0.4, -0.2) is 263 Å². The third-order valence-electron chi connectivity index (χ3n) is 22.7. The first-order chi connectivity index (χ1) is 51.7. The standard InChI is InChI=1S/C77H106F8N12O13/c1-12-46(5)64-72(107)90(7)44-62(100)91(8)55-24-15-14-18-35-96(71(55)106)59(39-47-25-28-50(29-26-47)76(80,81)82)69(104)89(6)43-60(98)86-54(30-27-48-37-52(78)63(53(79)38-48)77(83,84)85)68(103)97-42-51(110-13-2)40-57(97)67(102)88-75(31-21-32-75)74(109)94(11)65(49-22-16-17-23-49)73(108)93(10)58(70(105)95-33-19-20-34-95)41-61(99)92(9)56(36-45(3)4)66(101)87-64/h14-15,25-26,28-29,37-38,45-46,49,51,54-59,64-65H,12-13,16-24,27,30-36,39-44H2,1-11H3,(H,86,98)(H,87,101)(H,88,102)/b15-14-/t46-,51+,54-,55-,56-,57-,58-,59-,64-,65-/m0/s1. The predicted octanol–water partition coefficient (Wildman–Crippen LogP) is 6.27. The molecule has 0 aromatic heterocycles. The fourth-order valence-corrected chi connectivity index (χ4v) is 15.9. The smallest absolute Gasteiger partial charge is 0.377 e. The molecule has 2 saturated carbocycles. The number of alkyl halides is 6. The molecule has 2 bridgehead atoms. The number of ether oxygens (including phenoxy) is 1. The van der Waals surface area contributed by atoms with Crippen LogP contribution in [0.25, 0.3) is 0 Å². The van der Waals surface area contributed by atoms with Gasteiger partial charge in [-0.3, -0.25) is 57.5 Å². The molecule has 1 spiro atoms. The van der Waals surface area contributed by atoms with Crippen LogP contribution in [0.1, 0.15) is 160 Å². The zero-order valence-corrected chi connectivity index (χ0v) is 64.6. The van der Waals surface area contributed by atoms with Gasteiger partial charge in [0.2, 0.25) is 70.9 Å². The summed E-state index contributed by atoms with van der Waals surface area (Å²) in [7, 11) is 7.93. The van der Waals surface area contributed by atoms with E-state index in [0.717, 1.165) is 55.8 Å². The molecule has 5 fully saturated rings. The Morgan fingerprint density at radius 1 is 0.636 bits per heavy atom. The summed E-state index contributed by atoms with van der Waals surface area (Å²) in [5.41, 5.74) is -5.23. The largest absolute Gasteiger partial charge is 0.422 e. The molecule has 33 heteroatoms. The van der Waals surface area contributed by atoms with E-state index in [1.165, 1.54) is 49.9 Å². The summed E-state index contributed by atoms with van der Waals surface area (Å²) in [5.74, 6) is -15.1. The first kappa shape index (κ1) is 86.8. The second-order valence-electron chi connectivity index (χ2n) is 30.8. The number of carbonyl (C=O) groups is 12. The molecule has 12 amide bonds. The Kier molecular flexibility index (Phi) is 29.2. The molecule has 4 aliphatic heterocycles. The van der Waals surface area contributed by atoms with Crippen LogP contribution in [0.4, 0.5) is 35.1 Å². The van der Waals surface area contributed by atoms with Crippen LogP contribution >= 0.6 is 0 Å². The molecule has 3 saturated heterocycles. The van der Waals surface area contributed by atoms with E-state index in [1.807, 2.05) is 13.8 Å². The minimum atomic E-state index is -5.46. The topological polar surface area (TPSA) is 279 Å². The maximum Gasteiger partial charge on any atom is 0.422 e. The minimum Gasteiger partial charge on any atom is -0.377 e. The van der Waals surface area contributed by atoms with E-state index >= 15 is 42.3 Å². The number of nitrogens with zero attached hydrogens (tertiary/aromatic N) is 9. The van der Waals surface area contributed by atoms with E-state index in [2.05, 4.69) is 16.0 Å². The van der Waals surface area contributed by atoms with E-state index in [-0.39, 0.29) is 69.7 Å². The molecule has 4 heterocycles. The molecular weight excluding hydrogens is 1450 g/mol. The fourth-order valence-electron chi connectivity index (χ4n) is 15.9. The Bertz CT molecular complexity index is 3710. The minimum absolute atomic E-state index is 0.0422. The molecule has 2 aromatic rings. The molecule has 608 valence electrons. The molecule has 8 rings (SSSR count). The van der Waals surface area contributed by atoms with Gasteiger partial charge < -0.3 is 64.8 Å². The monoisotopic (exact) mass is 1560 g/mol. The van der Waals surface area contributed by atoms with Crippen LogP contribution in [0.15, 0.2) is 48.6 Å². The quantitative estimate of drug-likeness (QED) is 0.147. The highest BCUT2D eigenvalue weighted by molar-refractivity contribution is 6.01. The maximum atomic E-state index is 15.7. The average molecular weight is 1560 g/mol. The number of likely N-dealkylation sites (tertiary alicyclic amines) is 1. The Morgan fingerprint density at radius 2 is 1.26 bits per heavy atom. The van der Waals surface area contributed by atoms with E-state index in [0.29, 0.717) is 76.6 Å². The zero-order chi connectivity index (χ0) is 81.2. The van der Waals surface area contributed by atoms with Gasteiger partial charge in [0.15, 0.2) is 0 Å². The SMILES string of the molecule is CCO[C@@H]1C[C@H]2C(=O)NC3(CCC3)C(=O)N(C)[C@@H](C3CCCC3)C(=O)N(C)[C@H](C(=O)N3CCCC3)CC(=O)N(C)[C@@H](CC(C)C)C(=O)N[C@@H]([C@@H](C)CC)C(=O)N(C)CC(=O)N(C)[C@H]3C/C=C\CCN(C3=O)[C@@H](Cc3ccc(C(F)(F)F)cc3)C(=O)N(C)CC(=O)N[C@@H](CCc3cc(F)c(C(F)(F)F)c(F)c3)C(=O)N2C1. The van der Waals surface area contributed by atoms with Gasteiger partial charge in [0.1, 0.15) is 71.1 Å². The van der Waals surface area contributed by atoms with Gasteiger partial charge in [-0.05, 0) is 137 Å². The Balaban J connectivity index is 1.23. The molecule has 10 atom stereocenters. The van der Waals surface area contributed by atoms with Crippen molar-refractivity contribution in [3.63, 3.8) is 0 Å². The van der Waals surface area contributed by atoms with Crippen LogP contribution in [-0.2, 0) is 87.5 Å². The number of nitrogens with one attached hydrogen (secondary N) is 3. The molecule has 0 unspecified atom stereocenters. The molecule has 25 nitrogen and oxygen atoms in total. The molecular formula is C77H106F8N12O13. The third kappa shape index (κ3) is 20.5. The number of likely N-dealkylation sites (N-methyl/N-ethyl adjacent to an activating group) is 6. The number of carbonyl (C=O) groups excluding carboxylic acids is 12. The fraction of sp³-hybridized carbons (Fsp3) is 0.662. The number of rotatable bonds is 13. The summed E-state index contributed by atoms with van der Waals surface area (Å²) in [6.07, 6.45) is -6.02. The Morgan fingerprint density at radius 3 is 1.84 bits per heavy atom. The van der Waals surface area contributed by atoms with Crippen molar-refractivity contribution in [2.24, 2.45) is 17.8 Å². The predicted molar refractivity (Wildman–Crippen MR) is 386 cm³/mol. The van der Waals surface area contributed by atoms with Crippen LogP contribution in [0.5, 0.6) is 0 Å². The number of hydrogen-bond donors (Lipinski definition) is 3. The molecule has 6 aliphatic rings. The molecule has 3 N–H and O–H groups in total. The van der Waals surface area contributed by atoms with Crippen molar-refractivity contribution in [3.8, 4) is 0 Å². The molecule has 0 radical (unpaired) electrons. The van der Waals surface area contributed by atoms with Gasteiger partial charge >= 0.3 is 12.4 Å². The lowest BCUT2D eigenvalue weighted by Crippen LogP contribution is -2.68. The highest BCUT2D eigenvalue weighted by Gasteiger charge is 2.54. The summed E-state index contributed by atoms with van der Waals surface area (Å²) < 4.78 is 120. The number of amides is 12. The van der Waals surface area contributed by atoms with Gasteiger partial charge in [-0.2, -0.15) is 26.3 Å². The molecule has 2 aliphatic carbocycles. The maximum absolute atomic E-state index is 15.7. The summed E-state index contributed by atoms with van der Waals surface area (Å²) in [5, 5.41) is 8.32. The zero-order valence-electron chi connectivity index (χ0n) is 64.6. The van der Waals surface area contributed by atoms with Gasteiger partial charge in [0, 0.05) is 87.9 Å². The van der Waals surface area contributed by atoms with Gasteiger partial charge in [-0.15, -0.1) is 0 Å². The van der Waals surface area contributed by atoms with Crippen molar-refractivity contribution in [1.82, 2.24) is 60.0 Å². The second kappa shape index (κ2) is 37.0. The normalized spacial score (nSPS) is 26.6. The van der Waals surface area contributed by atoms with Crippen LogP contribution < -0.4 is 16.0 Å². The Labute approximate surface area is 636 Å². The van der Waals surface area contributed by atoms with E-state index in [9.17, 15) is 50.3 Å². The van der Waals surface area contributed by atoms with Crippen LogP contribution in [0.3, 0.4) is 0 Å². The van der Waals surface area contributed by atoms with Gasteiger partial charge in [0.05, 0.1) is 31.2 Å². The summed E-state index contributed by atoms with van der Waals surface area (Å²) in [6, 6.07) is -7.21. The van der Waals surface area contributed by atoms with Gasteiger partial charge in [-0.1, -0.05) is 71.2 Å². The first-order valence-electron chi connectivity index (χ1n) is 38.1. The molecule has 2 aromatic carbocycles. The van der Waals surface area contributed by atoms with Crippen LogP contribution in [0.2, 0.25) is 0 Å². The van der Waals surface area contributed by atoms with Crippen molar-refractivity contribution in [1.29, 1.82) is 0 Å². The average Bonchev–Trinajstić information content (AvgIpc) is 1.20. The van der Waals surface area contributed by atoms with Crippen molar-refractivity contribution in [2.75, 3.05) is 88.2 Å². The number of fused-ring (bicyclic) bond motifs is 3. The van der Waals surface area contributed by atoms with E-state index < -0.39 is 222 Å². The van der Waals surface area contributed by atoms with E-state index in [4.69, 9.17) is 4.74 Å². The summed E-state index contributed by atoms with van der Waals surface area (Å²) in [4.78, 5) is 192. The van der Waals surface area contributed by atoms with Crippen molar-refractivity contribution in [3.05, 3.63) is 82.4 Å². The second-order valence-corrected chi connectivity index (χ2v) is 30.8. The first-order valence-corrected chi connectivity index (χ1v) is 38.1. The lowest BCUT2D eigenvalue weighted by atomic mass is 9.74. The number of halogens is 8. The van der Waals surface area contributed by atoms with Crippen molar-refractivity contribution in [2.45, 2.75) is 223 Å². The number of benzene rings is 2. The van der Waals surface area contributed by atoms with Crippen molar-refractivity contribution >= 4 is 70.9 Å². The lowest BCUT2D eigenvalue weighted by molar-refractivity contribution is -0.158.